The minimum absolute atomic E-state index is 0.0148. The molecule has 25 heavy (non-hydrogen) atoms. The molecule has 0 saturated heterocycles. The van der Waals surface area contributed by atoms with Crippen LogP contribution in [0.15, 0.2) is 48.7 Å². The number of anilines is 2. The molecule has 0 saturated carbocycles. The zero-order valence-corrected chi connectivity index (χ0v) is 14.2. The van der Waals surface area contributed by atoms with E-state index >= 15 is 0 Å². The van der Waals surface area contributed by atoms with Crippen LogP contribution in [0.2, 0.25) is 0 Å². The highest BCUT2D eigenvalue weighted by molar-refractivity contribution is 6.01. The first-order valence-electron chi connectivity index (χ1n) is 7.98. The van der Waals surface area contributed by atoms with Crippen molar-refractivity contribution in [3.05, 3.63) is 64.3 Å². The normalized spacial score (nSPS) is 10.6. The van der Waals surface area contributed by atoms with Crippen LogP contribution in [0.5, 0.6) is 0 Å². The number of amides is 1. The molecule has 1 N–H and O–H groups in total. The molecule has 7 nitrogen and oxygen atoms in total. The van der Waals surface area contributed by atoms with Gasteiger partial charge in [-0.15, -0.1) is 0 Å². The summed E-state index contributed by atoms with van der Waals surface area (Å²) < 4.78 is 0. The minimum Gasteiger partial charge on any atom is -0.357 e. The summed E-state index contributed by atoms with van der Waals surface area (Å²) in [6.45, 7) is 5.86. The fourth-order valence-electron chi connectivity index (χ4n) is 2.26. The van der Waals surface area contributed by atoms with E-state index in [0.717, 1.165) is 18.9 Å². The third-order valence-electron chi connectivity index (χ3n) is 3.63. The minimum atomic E-state index is -0.463. The summed E-state index contributed by atoms with van der Waals surface area (Å²) in [5.41, 5.74) is 1.32. The Balaban J connectivity index is 1.96. The van der Waals surface area contributed by atoms with Crippen molar-refractivity contribution in [1.29, 1.82) is 0 Å². The summed E-state index contributed by atoms with van der Waals surface area (Å²) in [7, 11) is 0. The van der Waals surface area contributed by atoms with Gasteiger partial charge >= 0.3 is 0 Å². The summed E-state index contributed by atoms with van der Waals surface area (Å²) in [6.07, 6.45) is 4.58. The van der Waals surface area contributed by atoms with E-state index in [9.17, 15) is 14.9 Å². The van der Waals surface area contributed by atoms with Crippen LogP contribution >= 0.6 is 0 Å². The lowest BCUT2D eigenvalue weighted by Crippen LogP contribution is -2.22. The highest BCUT2D eigenvalue weighted by atomic mass is 16.6. The monoisotopic (exact) mass is 340 g/mol. The van der Waals surface area contributed by atoms with Crippen molar-refractivity contribution < 1.29 is 9.72 Å². The molecular weight excluding hydrogens is 320 g/mol. The maximum atomic E-state index is 11.9. The SMILES string of the molecule is CCN(CC)c1ccc(NC(=O)/C=C/c2ccc([N+](=O)[O-])cc2)cn1. The number of carbonyl (C=O) groups is 1. The van der Waals surface area contributed by atoms with Gasteiger partial charge in [0.2, 0.25) is 5.91 Å². The molecule has 1 heterocycles. The first kappa shape index (κ1) is 18.1. The molecule has 2 aromatic rings. The smallest absolute Gasteiger partial charge is 0.269 e. The van der Waals surface area contributed by atoms with Gasteiger partial charge in [-0.05, 0) is 49.8 Å². The first-order chi connectivity index (χ1) is 12.0. The molecular formula is C18H20N4O3. The van der Waals surface area contributed by atoms with Crippen LogP contribution in [0.25, 0.3) is 6.08 Å². The van der Waals surface area contributed by atoms with Crippen LogP contribution in [0.4, 0.5) is 17.2 Å². The van der Waals surface area contributed by atoms with E-state index in [1.165, 1.54) is 18.2 Å². The fourth-order valence-corrected chi connectivity index (χ4v) is 2.26. The average Bonchev–Trinajstić information content (AvgIpc) is 2.63. The molecule has 7 heteroatoms. The molecule has 0 atom stereocenters. The number of benzene rings is 1. The van der Waals surface area contributed by atoms with Crippen molar-refractivity contribution in [3.63, 3.8) is 0 Å². The van der Waals surface area contributed by atoms with Gasteiger partial charge in [-0.3, -0.25) is 14.9 Å². The van der Waals surface area contributed by atoms with Crippen LogP contribution in [0, 0.1) is 10.1 Å². The molecule has 0 fully saturated rings. The summed E-state index contributed by atoms with van der Waals surface area (Å²) in [5, 5.41) is 13.3. The predicted octanol–water partition coefficient (Wildman–Crippen LogP) is 3.49. The first-order valence-corrected chi connectivity index (χ1v) is 7.98. The van der Waals surface area contributed by atoms with Crippen LogP contribution in [-0.2, 0) is 4.79 Å². The largest absolute Gasteiger partial charge is 0.357 e. The van der Waals surface area contributed by atoms with Gasteiger partial charge in [0.1, 0.15) is 5.82 Å². The molecule has 2 rings (SSSR count). The van der Waals surface area contributed by atoms with E-state index in [0.29, 0.717) is 11.3 Å². The quantitative estimate of drug-likeness (QED) is 0.473. The Bertz CT molecular complexity index is 751. The summed E-state index contributed by atoms with van der Waals surface area (Å²) in [5.74, 6) is 0.570. The Morgan fingerprint density at radius 1 is 1.20 bits per heavy atom. The topological polar surface area (TPSA) is 88.4 Å². The molecule has 0 spiro atoms. The van der Waals surface area contributed by atoms with Gasteiger partial charge in [-0.25, -0.2) is 4.98 Å². The van der Waals surface area contributed by atoms with Crippen molar-refractivity contribution in [1.82, 2.24) is 4.98 Å². The Hall–Kier alpha value is -3.22. The molecule has 130 valence electrons. The van der Waals surface area contributed by atoms with E-state index < -0.39 is 4.92 Å². The number of hydrogen-bond acceptors (Lipinski definition) is 5. The molecule has 0 aliphatic carbocycles. The Morgan fingerprint density at radius 3 is 2.40 bits per heavy atom. The van der Waals surface area contributed by atoms with Crippen molar-refractivity contribution >= 4 is 29.2 Å². The highest BCUT2D eigenvalue weighted by Gasteiger charge is 2.05. The maximum Gasteiger partial charge on any atom is 0.269 e. The van der Waals surface area contributed by atoms with E-state index in [2.05, 4.69) is 29.0 Å². The number of rotatable bonds is 7. The van der Waals surface area contributed by atoms with Crippen molar-refractivity contribution in [3.8, 4) is 0 Å². The van der Waals surface area contributed by atoms with Crippen molar-refractivity contribution in [2.24, 2.45) is 0 Å². The number of nitro benzene ring substituents is 1. The molecule has 1 aromatic carbocycles. The van der Waals surface area contributed by atoms with E-state index in [1.54, 1.807) is 30.5 Å². The number of non-ortho nitro benzene ring substituents is 1. The van der Waals surface area contributed by atoms with E-state index in [-0.39, 0.29) is 11.6 Å². The number of aromatic nitrogens is 1. The molecule has 0 radical (unpaired) electrons. The number of nitrogens with one attached hydrogen (secondary N) is 1. The van der Waals surface area contributed by atoms with Crippen LogP contribution in [-0.4, -0.2) is 28.9 Å². The van der Waals surface area contributed by atoms with Crippen LogP contribution in [0.1, 0.15) is 19.4 Å². The molecule has 0 unspecified atom stereocenters. The van der Waals surface area contributed by atoms with Crippen molar-refractivity contribution in [2.45, 2.75) is 13.8 Å². The van der Waals surface area contributed by atoms with E-state index in [4.69, 9.17) is 0 Å². The van der Waals surface area contributed by atoms with E-state index in [1.807, 2.05) is 6.07 Å². The molecule has 1 aromatic heterocycles. The van der Waals surface area contributed by atoms with Crippen molar-refractivity contribution in [2.75, 3.05) is 23.3 Å². The van der Waals surface area contributed by atoms with Gasteiger partial charge in [0.05, 0.1) is 16.8 Å². The molecule has 0 aliphatic heterocycles. The predicted molar refractivity (Wildman–Crippen MR) is 98.6 cm³/mol. The van der Waals surface area contributed by atoms with Gasteiger partial charge in [0.15, 0.2) is 0 Å². The molecule has 0 bridgehead atoms. The zero-order chi connectivity index (χ0) is 18.2. The Kier molecular flexibility index (Phi) is 6.22. The molecule has 0 aliphatic rings. The summed E-state index contributed by atoms with van der Waals surface area (Å²) in [6, 6.07) is 9.63. The third kappa shape index (κ3) is 5.13. The lowest BCUT2D eigenvalue weighted by molar-refractivity contribution is -0.384. The highest BCUT2D eigenvalue weighted by Crippen LogP contribution is 2.15. The van der Waals surface area contributed by atoms with Gasteiger partial charge in [0.25, 0.3) is 5.69 Å². The second-order valence-electron chi connectivity index (χ2n) is 5.25. The summed E-state index contributed by atoms with van der Waals surface area (Å²) in [4.78, 5) is 28.5. The molecule has 1 amide bonds. The fraction of sp³-hybridized carbons (Fsp3) is 0.222. The lowest BCUT2D eigenvalue weighted by atomic mass is 10.2. The average molecular weight is 340 g/mol. The number of pyridine rings is 1. The zero-order valence-electron chi connectivity index (χ0n) is 14.2. The lowest BCUT2D eigenvalue weighted by Gasteiger charge is -2.19. The van der Waals surface area contributed by atoms with Gasteiger partial charge in [-0.1, -0.05) is 0 Å². The second-order valence-corrected chi connectivity index (χ2v) is 5.25. The second kappa shape index (κ2) is 8.58. The summed E-state index contributed by atoms with van der Waals surface area (Å²) >= 11 is 0. The third-order valence-corrected chi connectivity index (χ3v) is 3.63. The number of nitrogens with zero attached hydrogens (tertiary/aromatic N) is 3. The van der Waals surface area contributed by atoms with Gasteiger partial charge in [0, 0.05) is 31.3 Å². The number of nitro groups is 1. The Labute approximate surface area is 146 Å². The van der Waals surface area contributed by atoms with Gasteiger partial charge in [-0.2, -0.15) is 0 Å². The maximum absolute atomic E-state index is 11.9. The van der Waals surface area contributed by atoms with Crippen LogP contribution < -0.4 is 10.2 Å². The number of hydrogen-bond donors (Lipinski definition) is 1. The standard InChI is InChI=1S/C18H20N4O3/c1-3-21(4-2)17-11-8-15(13-19-17)20-18(23)12-7-14-5-9-16(10-6-14)22(24)25/h5-13H,3-4H2,1-2H3,(H,20,23)/b12-7+. The number of carbonyl (C=O) groups excluding carboxylic acids is 1. The Morgan fingerprint density at radius 2 is 1.88 bits per heavy atom. The van der Waals surface area contributed by atoms with Gasteiger partial charge < -0.3 is 10.2 Å². The van der Waals surface area contributed by atoms with Crippen LogP contribution in [0.3, 0.4) is 0 Å².